The highest BCUT2D eigenvalue weighted by molar-refractivity contribution is 7.12. The number of hydrogen-bond donors (Lipinski definition) is 2. The second-order valence-corrected chi connectivity index (χ2v) is 6.73. The number of nitrogen functional groups attached to an aromatic ring is 1. The van der Waals surface area contributed by atoms with E-state index in [4.69, 9.17) is 5.84 Å². The molecule has 3 heterocycles. The summed E-state index contributed by atoms with van der Waals surface area (Å²) in [7, 11) is 0. The van der Waals surface area contributed by atoms with Crippen LogP contribution in [0.4, 0.5) is 5.69 Å². The van der Waals surface area contributed by atoms with E-state index >= 15 is 0 Å². The second-order valence-electron chi connectivity index (χ2n) is 4.81. The molecule has 3 N–H and O–H groups in total. The number of carbonyl (C=O) groups excluding carboxylic acids is 2. The number of aryl methyl sites for hydroxylation is 1. The molecule has 2 aromatic heterocycles. The van der Waals surface area contributed by atoms with Gasteiger partial charge in [-0.15, -0.1) is 22.7 Å². The number of anilines is 1. The van der Waals surface area contributed by atoms with Gasteiger partial charge < -0.3 is 4.90 Å². The largest absolute Gasteiger partial charge is 0.307 e. The summed E-state index contributed by atoms with van der Waals surface area (Å²) < 4.78 is 0. The molecule has 1 aliphatic rings. The van der Waals surface area contributed by atoms with Gasteiger partial charge in [-0.25, -0.2) is 5.84 Å². The van der Waals surface area contributed by atoms with Gasteiger partial charge in [-0.3, -0.25) is 15.0 Å². The first-order chi connectivity index (χ1) is 10.2. The van der Waals surface area contributed by atoms with Crippen LogP contribution in [0.15, 0.2) is 22.9 Å². The number of hydrogen-bond acceptors (Lipinski definition) is 5. The molecule has 0 aromatic carbocycles. The van der Waals surface area contributed by atoms with E-state index in [0.717, 1.165) is 24.1 Å². The van der Waals surface area contributed by atoms with Crippen molar-refractivity contribution in [3.05, 3.63) is 38.2 Å². The van der Waals surface area contributed by atoms with Crippen molar-refractivity contribution in [3.63, 3.8) is 0 Å². The summed E-state index contributed by atoms with van der Waals surface area (Å²) in [5.41, 5.74) is 3.96. The highest BCUT2D eigenvalue weighted by Crippen LogP contribution is 2.33. The van der Waals surface area contributed by atoms with Crippen LogP contribution in [0.25, 0.3) is 0 Å². The summed E-state index contributed by atoms with van der Waals surface area (Å²) in [6, 6.07) is 3.86. The van der Waals surface area contributed by atoms with Crippen molar-refractivity contribution in [2.24, 2.45) is 5.84 Å². The summed E-state index contributed by atoms with van der Waals surface area (Å²) in [6.07, 6.45) is 2.36. The van der Waals surface area contributed by atoms with Gasteiger partial charge >= 0.3 is 0 Å². The molecule has 0 bridgehead atoms. The van der Waals surface area contributed by atoms with E-state index in [9.17, 15) is 9.59 Å². The molecule has 0 atom stereocenters. The maximum absolute atomic E-state index is 12.4. The number of thiophene rings is 2. The van der Waals surface area contributed by atoms with E-state index < -0.39 is 0 Å². The Kier molecular flexibility index (Phi) is 4.05. The van der Waals surface area contributed by atoms with E-state index in [1.165, 1.54) is 16.2 Å². The first-order valence-corrected chi connectivity index (χ1v) is 8.40. The SMILES string of the molecule is NNC(=O)c1sccc1CN1C(=O)CCCc2sccc21. The zero-order valence-electron chi connectivity index (χ0n) is 11.3. The van der Waals surface area contributed by atoms with Crippen LogP contribution in [-0.4, -0.2) is 11.8 Å². The fraction of sp³-hybridized carbons (Fsp3) is 0.286. The van der Waals surface area contributed by atoms with E-state index in [1.807, 2.05) is 22.9 Å². The Balaban J connectivity index is 1.92. The molecule has 2 amide bonds. The lowest BCUT2D eigenvalue weighted by atomic mass is 10.2. The molecule has 7 heteroatoms. The van der Waals surface area contributed by atoms with E-state index in [-0.39, 0.29) is 11.8 Å². The first kappa shape index (κ1) is 14.2. The Morgan fingerprint density at radius 1 is 1.29 bits per heavy atom. The van der Waals surface area contributed by atoms with Crippen molar-refractivity contribution in [2.75, 3.05) is 4.90 Å². The first-order valence-electron chi connectivity index (χ1n) is 6.64. The Morgan fingerprint density at radius 3 is 2.90 bits per heavy atom. The number of nitrogens with zero attached hydrogens (tertiary/aromatic N) is 1. The fourth-order valence-electron chi connectivity index (χ4n) is 2.50. The van der Waals surface area contributed by atoms with Gasteiger partial charge in [-0.05, 0) is 41.3 Å². The van der Waals surface area contributed by atoms with Crippen LogP contribution in [0.5, 0.6) is 0 Å². The minimum absolute atomic E-state index is 0.109. The smallest absolute Gasteiger partial charge is 0.275 e. The molecule has 0 spiro atoms. The second kappa shape index (κ2) is 5.97. The molecule has 110 valence electrons. The summed E-state index contributed by atoms with van der Waals surface area (Å²) in [5.74, 6) is 5.00. The quantitative estimate of drug-likeness (QED) is 0.517. The molecule has 0 unspecified atom stereocenters. The Labute approximate surface area is 130 Å². The highest BCUT2D eigenvalue weighted by Gasteiger charge is 2.25. The van der Waals surface area contributed by atoms with Crippen molar-refractivity contribution >= 4 is 40.2 Å². The molecule has 5 nitrogen and oxygen atoms in total. The van der Waals surface area contributed by atoms with Gasteiger partial charge in [-0.2, -0.15) is 0 Å². The summed E-state index contributed by atoms with van der Waals surface area (Å²) >= 11 is 3.01. The fourth-order valence-corrected chi connectivity index (χ4v) is 4.24. The number of fused-ring (bicyclic) bond motifs is 1. The van der Waals surface area contributed by atoms with Gasteiger partial charge in [0, 0.05) is 11.3 Å². The molecule has 0 radical (unpaired) electrons. The van der Waals surface area contributed by atoms with Crippen LogP contribution < -0.4 is 16.2 Å². The van der Waals surface area contributed by atoms with Crippen molar-refractivity contribution in [1.82, 2.24) is 5.43 Å². The maximum atomic E-state index is 12.4. The molecule has 0 saturated carbocycles. The summed E-state index contributed by atoms with van der Waals surface area (Å²) in [4.78, 5) is 27.7. The molecule has 2 aromatic rings. The zero-order chi connectivity index (χ0) is 14.8. The number of nitrogens with one attached hydrogen (secondary N) is 1. The molecule has 3 rings (SSSR count). The lowest BCUT2D eigenvalue weighted by molar-refractivity contribution is -0.118. The van der Waals surface area contributed by atoms with Crippen LogP contribution in [-0.2, 0) is 17.8 Å². The summed E-state index contributed by atoms with van der Waals surface area (Å²) in [6.45, 7) is 0.412. The molecule has 21 heavy (non-hydrogen) atoms. The average molecular weight is 321 g/mol. The third-order valence-electron chi connectivity index (χ3n) is 3.52. The lowest BCUT2D eigenvalue weighted by Crippen LogP contribution is -2.32. The normalized spacial score (nSPS) is 14.7. The molecule has 0 fully saturated rings. The molecule has 0 saturated heterocycles. The Bertz CT molecular complexity index is 677. The number of amides is 2. The molecule has 0 aliphatic carbocycles. The Morgan fingerprint density at radius 2 is 2.10 bits per heavy atom. The van der Waals surface area contributed by atoms with E-state index in [1.54, 1.807) is 16.2 Å². The highest BCUT2D eigenvalue weighted by atomic mass is 32.1. The number of nitrogens with two attached hydrogens (primary N) is 1. The number of hydrazine groups is 1. The molecule has 1 aliphatic heterocycles. The summed E-state index contributed by atoms with van der Waals surface area (Å²) in [5, 5.41) is 3.86. The average Bonchev–Trinajstić information content (AvgIpc) is 3.10. The lowest BCUT2D eigenvalue weighted by Gasteiger charge is -2.21. The van der Waals surface area contributed by atoms with Crippen molar-refractivity contribution in [1.29, 1.82) is 0 Å². The minimum atomic E-state index is -0.312. The monoisotopic (exact) mass is 321 g/mol. The molecular formula is C14H15N3O2S2. The third kappa shape index (κ3) is 2.72. The van der Waals surface area contributed by atoms with Gasteiger partial charge in [0.15, 0.2) is 0 Å². The van der Waals surface area contributed by atoms with Gasteiger partial charge in [0.1, 0.15) is 0 Å². The topological polar surface area (TPSA) is 75.4 Å². The van der Waals surface area contributed by atoms with Crippen LogP contribution in [0, 0.1) is 0 Å². The van der Waals surface area contributed by atoms with Crippen LogP contribution in [0.2, 0.25) is 0 Å². The van der Waals surface area contributed by atoms with Crippen LogP contribution >= 0.6 is 22.7 Å². The van der Waals surface area contributed by atoms with Crippen LogP contribution in [0.1, 0.15) is 33.0 Å². The Hall–Kier alpha value is -1.70. The molecular weight excluding hydrogens is 306 g/mol. The predicted octanol–water partition coefficient (Wildman–Crippen LogP) is 2.28. The van der Waals surface area contributed by atoms with Gasteiger partial charge in [0.25, 0.3) is 5.91 Å². The predicted molar refractivity (Wildman–Crippen MR) is 84.4 cm³/mol. The van der Waals surface area contributed by atoms with Gasteiger partial charge in [-0.1, -0.05) is 0 Å². The van der Waals surface area contributed by atoms with Gasteiger partial charge in [0.2, 0.25) is 5.91 Å². The minimum Gasteiger partial charge on any atom is -0.307 e. The number of carbonyl (C=O) groups is 2. The van der Waals surface area contributed by atoms with E-state index in [0.29, 0.717) is 17.8 Å². The van der Waals surface area contributed by atoms with Crippen molar-refractivity contribution in [2.45, 2.75) is 25.8 Å². The third-order valence-corrected chi connectivity index (χ3v) is 5.45. The van der Waals surface area contributed by atoms with Crippen LogP contribution in [0.3, 0.4) is 0 Å². The number of rotatable bonds is 3. The maximum Gasteiger partial charge on any atom is 0.275 e. The van der Waals surface area contributed by atoms with Gasteiger partial charge in [0.05, 0.1) is 17.1 Å². The standard InChI is InChI=1S/C14H15N3O2S2/c15-16-14(19)13-9(4-6-21-13)8-17-10-5-7-20-11(10)2-1-3-12(17)18/h4-7H,1-3,8,15H2,(H,16,19). The zero-order valence-corrected chi connectivity index (χ0v) is 12.9. The van der Waals surface area contributed by atoms with E-state index in [2.05, 4.69) is 5.43 Å². The van der Waals surface area contributed by atoms with Crippen molar-refractivity contribution in [3.8, 4) is 0 Å². The van der Waals surface area contributed by atoms with Crippen molar-refractivity contribution < 1.29 is 9.59 Å².